The Hall–Kier alpha value is -3.74. The third-order valence-corrected chi connectivity index (χ3v) is 6.72. The molecule has 2 aromatic carbocycles. The zero-order valence-corrected chi connectivity index (χ0v) is 20.1. The Balaban J connectivity index is 1.57. The second kappa shape index (κ2) is 10.7. The molecule has 1 aliphatic heterocycles. The Morgan fingerprint density at radius 2 is 1.86 bits per heavy atom. The molecule has 12 heteroatoms. The van der Waals surface area contributed by atoms with Gasteiger partial charge in [-0.3, -0.25) is 11.1 Å². The maximum Gasteiger partial charge on any atom is 0.240 e. The largest absolute Gasteiger partial charge is 0.493 e. The molecule has 1 heterocycles. The molecular weight excluding hydrogens is 472 g/mol. The molecule has 10 N–H and O–H groups in total. The molecule has 0 radical (unpaired) electrons. The lowest BCUT2D eigenvalue weighted by Crippen LogP contribution is -2.53. The lowest BCUT2D eigenvalue weighted by Gasteiger charge is -2.29. The van der Waals surface area contributed by atoms with Crippen molar-refractivity contribution in [2.45, 2.75) is 23.5 Å². The number of amidine groups is 1. The molecule has 1 unspecified atom stereocenters. The number of nitrogens with two attached hydrogens (primary N) is 4. The van der Waals surface area contributed by atoms with E-state index in [1.807, 2.05) is 6.07 Å². The highest BCUT2D eigenvalue weighted by Crippen LogP contribution is 2.30. The summed E-state index contributed by atoms with van der Waals surface area (Å²) in [5, 5.41) is 7.54. The highest BCUT2D eigenvalue weighted by Gasteiger charge is 2.31. The van der Waals surface area contributed by atoms with Crippen LogP contribution in [0, 0.1) is 5.41 Å². The van der Waals surface area contributed by atoms with Crippen molar-refractivity contribution in [2.75, 3.05) is 26.0 Å². The Labute approximate surface area is 204 Å². The number of sulfonamides is 1. The van der Waals surface area contributed by atoms with E-state index in [-0.39, 0.29) is 23.9 Å². The molecule has 0 saturated carbocycles. The van der Waals surface area contributed by atoms with Gasteiger partial charge in [0, 0.05) is 36.0 Å². The van der Waals surface area contributed by atoms with Gasteiger partial charge in [-0.25, -0.2) is 13.1 Å². The summed E-state index contributed by atoms with van der Waals surface area (Å²) in [6, 6.07) is 11.4. The van der Waals surface area contributed by atoms with Crippen molar-refractivity contribution >= 4 is 21.5 Å². The Bertz CT molecular complexity index is 1240. The molecule has 35 heavy (non-hydrogen) atoms. The summed E-state index contributed by atoms with van der Waals surface area (Å²) in [4.78, 5) is 0.145. The molecule has 11 nitrogen and oxygen atoms in total. The van der Waals surface area contributed by atoms with Crippen LogP contribution >= 0.6 is 0 Å². The summed E-state index contributed by atoms with van der Waals surface area (Å²) in [7, 11) is -2.10. The summed E-state index contributed by atoms with van der Waals surface area (Å²) in [6.07, 6.45) is 3.64. The zero-order chi connectivity index (χ0) is 25.6. The van der Waals surface area contributed by atoms with Crippen LogP contribution in [0.15, 0.2) is 71.0 Å². The van der Waals surface area contributed by atoms with Crippen LogP contribution in [0.2, 0.25) is 0 Å². The van der Waals surface area contributed by atoms with E-state index in [2.05, 4.69) is 4.72 Å². The van der Waals surface area contributed by atoms with Gasteiger partial charge in [0.25, 0.3) is 0 Å². The first-order chi connectivity index (χ1) is 16.5. The summed E-state index contributed by atoms with van der Waals surface area (Å²) >= 11 is 0. The van der Waals surface area contributed by atoms with Crippen LogP contribution in [-0.2, 0) is 21.2 Å². The average molecular weight is 503 g/mol. The molecule has 2 aromatic rings. The van der Waals surface area contributed by atoms with Gasteiger partial charge in [0.1, 0.15) is 0 Å². The minimum atomic E-state index is -3.63. The fourth-order valence-corrected chi connectivity index (χ4v) is 4.31. The van der Waals surface area contributed by atoms with Gasteiger partial charge < -0.3 is 31.4 Å². The van der Waals surface area contributed by atoms with Gasteiger partial charge in [0.05, 0.1) is 24.9 Å². The number of benzene rings is 2. The van der Waals surface area contributed by atoms with E-state index < -0.39 is 15.7 Å². The van der Waals surface area contributed by atoms with Crippen LogP contribution in [0.5, 0.6) is 11.5 Å². The third-order valence-electron chi connectivity index (χ3n) is 5.24. The first-order valence-electron chi connectivity index (χ1n) is 10.7. The number of ether oxygens (including phenoxy) is 3. The summed E-state index contributed by atoms with van der Waals surface area (Å²) in [6.45, 7) is 0.448. The highest BCUT2D eigenvalue weighted by molar-refractivity contribution is 7.89. The van der Waals surface area contributed by atoms with Gasteiger partial charge in [0.2, 0.25) is 15.7 Å². The van der Waals surface area contributed by atoms with Crippen molar-refractivity contribution in [3.8, 4) is 11.5 Å². The molecule has 0 aromatic heterocycles. The number of nitrogens with one attached hydrogen (secondary N) is 2. The predicted octanol–water partition coefficient (Wildman–Crippen LogP) is 0.915. The zero-order valence-electron chi connectivity index (χ0n) is 19.3. The summed E-state index contributed by atoms with van der Waals surface area (Å²) in [5.41, 5.74) is 23.9. The van der Waals surface area contributed by atoms with Crippen LogP contribution in [0.3, 0.4) is 0 Å². The van der Waals surface area contributed by atoms with E-state index in [1.54, 1.807) is 12.1 Å². The van der Waals surface area contributed by atoms with E-state index >= 15 is 0 Å². The number of allylic oxidation sites excluding steroid dienone is 1. The normalized spacial score (nSPS) is 17.7. The second-order valence-electron chi connectivity index (χ2n) is 7.90. The molecule has 0 amide bonds. The number of methoxy groups -OCH3 is 1. The quantitative estimate of drug-likeness (QED) is 0.112. The molecule has 0 fully saturated rings. The maximum absolute atomic E-state index is 12.3. The molecule has 0 bridgehead atoms. The monoisotopic (exact) mass is 502 g/mol. The van der Waals surface area contributed by atoms with Crippen molar-refractivity contribution in [1.82, 2.24) is 4.72 Å². The Morgan fingerprint density at radius 1 is 1.14 bits per heavy atom. The van der Waals surface area contributed by atoms with Crippen LogP contribution in [0.4, 0.5) is 5.69 Å². The van der Waals surface area contributed by atoms with Crippen LogP contribution in [0.1, 0.15) is 12.0 Å². The number of hydrogen-bond acceptors (Lipinski definition) is 9. The Morgan fingerprint density at radius 3 is 2.49 bits per heavy atom. The van der Waals surface area contributed by atoms with E-state index in [0.717, 1.165) is 5.56 Å². The van der Waals surface area contributed by atoms with Crippen LogP contribution in [-0.4, -0.2) is 40.2 Å². The van der Waals surface area contributed by atoms with Crippen LogP contribution in [0.25, 0.3) is 0 Å². The van der Waals surface area contributed by atoms with Gasteiger partial charge in [-0.15, -0.1) is 0 Å². The highest BCUT2D eigenvalue weighted by atomic mass is 32.2. The van der Waals surface area contributed by atoms with Gasteiger partial charge in [-0.2, -0.15) is 0 Å². The molecule has 1 aliphatic rings. The SMILES string of the molecule is COc1ccc(CC2=COC(N)(C(=N)N)C=C2N)cc1OCCCNS(=O)(=O)c1ccc(N)cc1. The first kappa shape index (κ1) is 25.9. The lowest BCUT2D eigenvalue weighted by atomic mass is 9.99. The molecular formula is C23H30N6O5S. The topological polar surface area (TPSA) is 202 Å². The standard InChI is InChI=1S/C23H30N6O5S/c1-32-20-8-3-15(11-16-14-34-23(28,22(26)27)13-19(16)25)12-21(20)33-10-2-9-29-35(30,31)18-6-4-17(24)5-7-18/h3-8,12-14,29H,2,9-11,24-25,28H2,1H3,(H3,26,27). The minimum absolute atomic E-state index is 0.145. The molecule has 1 atom stereocenters. The van der Waals surface area contributed by atoms with Crippen LogP contribution < -0.4 is 37.1 Å². The minimum Gasteiger partial charge on any atom is -0.493 e. The number of rotatable bonds is 11. The van der Waals surface area contributed by atoms with Gasteiger partial charge >= 0.3 is 0 Å². The maximum atomic E-state index is 12.3. The molecule has 0 aliphatic carbocycles. The average Bonchev–Trinajstić information content (AvgIpc) is 2.81. The lowest BCUT2D eigenvalue weighted by molar-refractivity contribution is 0.129. The first-order valence-corrected chi connectivity index (χ1v) is 12.2. The number of nitrogen functional groups attached to an aromatic ring is 1. The predicted molar refractivity (Wildman–Crippen MR) is 133 cm³/mol. The third kappa shape index (κ3) is 6.44. The fourth-order valence-electron chi connectivity index (χ4n) is 3.23. The molecule has 0 saturated heterocycles. The summed E-state index contributed by atoms with van der Waals surface area (Å²) < 4.78 is 43.9. The second-order valence-corrected chi connectivity index (χ2v) is 9.67. The molecule has 0 spiro atoms. The van der Waals surface area contributed by atoms with E-state index in [1.165, 1.54) is 43.7 Å². The fraction of sp³-hybridized carbons (Fsp3) is 0.261. The number of anilines is 1. The van der Waals surface area contributed by atoms with Crippen molar-refractivity contribution in [2.24, 2.45) is 17.2 Å². The molecule has 3 rings (SSSR count). The van der Waals surface area contributed by atoms with Gasteiger partial charge in [-0.1, -0.05) is 6.07 Å². The van der Waals surface area contributed by atoms with Crippen molar-refractivity contribution in [1.29, 1.82) is 5.41 Å². The van der Waals surface area contributed by atoms with Crippen molar-refractivity contribution in [3.05, 3.63) is 71.6 Å². The van der Waals surface area contributed by atoms with E-state index in [4.69, 9.17) is 42.6 Å². The van der Waals surface area contributed by atoms with E-state index in [9.17, 15) is 8.42 Å². The summed E-state index contributed by atoms with van der Waals surface area (Å²) in [5.74, 6) is 0.681. The number of hydrogen-bond donors (Lipinski definition) is 6. The van der Waals surface area contributed by atoms with E-state index in [0.29, 0.717) is 41.3 Å². The smallest absolute Gasteiger partial charge is 0.240 e. The Kier molecular flexibility index (Phi) is 7.89. The van der Waals surface area contributed by atoms with Crippen molar-refractivity contribution < 1.29 is 22.6 Å². The van der Waals surface area contributed by atoms with Crippen molar-refractivity contribution in [3.63, 3.8) is 0 Å². The van der Waals surface area contributed by atoms with Gasteiger partial charge in [0.15, 0.2) is 17.3 Å². The molecule has 188 valence electrons. The van der Waals surface area contributed by atoms with Gasteiger partial charge in [-0.05, 0) is 48.4 Å².